The molecule has 0 radical (unpaired) electrons. The molecule has 0 aliphatic carbocycles. The third kappa shape index (κ3) is 2.41. The SMILES string of the molecule is CCOc1cc(C(=O)NN)ccn1. The molecule has 13 heavy (non-hydrogen) atoms. The topological polar surface area (TPSA) is 77.2 Å². The van der Waals surface area contributed by atoms with E-state index in [2.05, 4.69) is 4.98 Å². The number of aromatic nitrogens is 1. The number of carbonyl (C=O) groups excluding carboxylic acids is 1. The van der Waals surface area contributed by atoms with Crippen molar-refractivity contribution in [2.24, 2.45) is 5.84 Å². The summed E-state index contributed by atoms with van der Waals surface area (Å²) >= 11 is 0. The lowest BCUT2D eigenvalue weighted by molar-refractivity contribution is 0.0953. The van der Waals surface area contributed by atoms with Gasteiger partial charge in [-0.2, -0.15) is 0 Å². The second-order valence-corrected chi connectivity index (χ2v) is 2.29. The van der Waals surface area contributed by atoms with Crippen molar-refractivity contribution >= 4 is 5.91 Å². The van der Waals surface area contributed by atoms with Crippen LogP contribution >= 0.6 is 0 Å². The summed E-state index contributed by atoms with van der Waals surface area (Å²) < 4.78 is 5.11. The fourth-order valence-electron chi connectivity index (χ4n) is 0.861. The van der Waals surface area contributed by atoms with Gasteiger partial charge in [0.15, 0.2) is 0 Å². The molecule has 0 unspecified atom stereocenters. The Hall–Kier alpha value is -1.62. The molecule has 1 aromatic rings. The van der Waals surface area contributed by atoms with Crippen LogP contribution in [-0.4, -0.2) is 17.5 Å². The fraction of sp³-hybridized carbons (Fsp3) is 0.250. The first-order valence-corrected chi connectivity index (χ1v) is 3.87. The van der Waals surface area contributed by atoms with Crippen LogP contribution in [0.2, 0.25) is 0 Å². The summed E-state index contributed by atoms with van der Waals surface area (Å²) in [4.78, 5) is 15.0. The predicted molar refractivity (Wildman–Crippen MR) is 47.1 cm³/mol. The maximum Gasteiger partial charge on any atom is 0.265 e. The third-order valence-electron chi connectivity index (χ3n) is 1.42. The number of nitrogens with zero attached hydrogens (tertiary/aromatic N) is 1. The Labute approximate surface area is 75.9 Å². The minimum absolute atomic E-state index is 0.358. The van der Waals surface area contributed by atoms with E-state index in [4.69, 9.17) is 10.6 Å². The molecule has 0 aromatic carbocycles. The van der Waals surface area contributed by atoms with Crippen molar-refractivity contribution in [3.05, 3.63) is 23.9 Å². The Kier molecular flexibility index (Phi) is 3.22. The van der Waals surface area contributed by atoms with Gasteiger partial charge in [-0.05, 0) is 13.0 Å². The summed E-state index contributed by atoms with van der Waals surface area (Å²) in [6.45, 7) is 2.36. The minimum Gasteiger partial charge on any atom is -0.478 e. The second kappa shape index (κ2) is 4.42. The Morgan fingerprint density at radius 2 is 2.54 bits per heavy atom. The lowest BCUT2D eigenvalue weighted by Crippen LogP contribution is -2.29. The van der Waals surface area contributed by atoms with E-state index in [9.17, 15) is 4.79 Å². The number of pyridine rings is 1. The van der Waals surface area contributed by atoms with Crippen LogP contribution in [0.1, 0.15) is 17.3 Å². The molecule has 1 rings (SSSR count). The number of carbonyl (C=O) groups is 1. The van der Waals surface area contributed by atoms with Gasteiger partial charge >= 0.3 is 0 Å². The summed E-state index contributed by atoms with van der Waals surface area (Å²) in [6, 6.07) is 3.09. The van der Waals surface area contributed by atoms with Gasteiger partial charge in [0, 0.05) is 17.8 Å². The van der Waals surface area contributed by atoms with Crippen molar-refractivity contribution in [2.75, 3.05) is 6.61 Å². The first-order valence-electron chi connectivity index (χ1n) is 3.87. The van der Waals surface area contributed by atoms with Gasteiger partial charge in [0.05, 0.1) is 6.61 Å². The van der Waals surface area contributed by atoms with E-state index < -0.39 is 0 Å². The Morgan fingerprint density at radius 1 is 1.77 bits per heavy atom. The lowest BCUT2D eigenvalue weighted by atomic mass is 10.2. The molecule has 0 saturated carbocycles. The van der Waals surface area contributed by atoms with Crippen molar-refractivity contribution in [3.8, 4) is 5.88 Å². The zero-order chi connectivity index (χ0) is 9.68. The number of hydrazine groups is 1. The van der Waals surface area contributed by atoms with Gasteiger partial charge in [0.25, 0.3) is 5.91 Å². The standard InChI is InChI=1S/C8H11N3O2/c1-2-13-7-5-6(3-4-10-7)8(12)11-9/h3-5H,2,9H2,1H3,(H,11,12). The number of nitrogens with two attached hydrogens (primary N) is 1. The van der Waals surface area contributed by atoms with Crippen molar-refractivity contribution in [1.82, 2.24) is 10.4 Å². The van der Waals surface area contributed by atoms with Gasteiger partial charge in [0.1, 0.15) is 0 Å². The Morgan fingerprint density at radius 3 is 3.15 bits per heavy atom. The quantitative estimate of drug-likeness (QED) is 0.393. The van der Waals surface area contributed by atoms with Gasteiger partial charge < -0.3 is 4.74 Å². The third-order valence-corrected chi connectivity index (χ3v) is 1.42. The van der Waals surface area contributed by atoms with Crippen LogP contribution in [0.3, 0.4) is 0 Å². The number of rotatable bonds is 3. The Bertz CT molecular complexity index is 301. The number of amides is 1. The molecule has 0 fully saturated rings. The average molecular weight is 181 g/mol. The normalized spacial score (nSPS) is 9.38. The van der Waals surface area contributed by atoms with E-state index in [1.54, 1.807) is 6.07 Å². The molecule has 1 heterocycles. The molecule has 70 valence electrons. The monoisotopic (exact) mass is 181 g/mol. The van der Waals surface area contributed by atoms with Gasteiger partial charge in [0.2, 0.25) is 5.88 Å². The molecule has 0 atom stereocenters. The van der Waals surface area contributed by atoms with E-state index in [0.29, 0.717) is 18.1 Å². The zero-order valence-electron chi connectivity index (χ0n) is 7.28. The summed E-state index contributed by atoms with van der Waals surface area (Å²) in [5.41, 5.74) is 2.46. The van der Waals surface area contributed by atoms with Crippen LogP contribution < -0.4 is 16.0 Å². The molecule has 0 bridgehead atoms. The fourth-order valence-corrected chi connectivity index (χ4v) is 0.861. The van der Waals surface area contributed by atoms with E-state index in [0.717, 1.165) is 0 Å². The molecule has 0 aliphatic heterocycles. The van der Waals surface area contributed by atoms with Gasteiger partial charge in [-0.25, -0.2) is 10.8 Å². The average Bonchev–Trinajstić information content (AvgIpc) is 2.18. The van der Waals surface area contributed by atoms with Gasteiger partial charge in [-0.15, -0.1) is 0 Å². The highest BCUT2D eigenvalue weighted by molar-refractivity contribution is 5.93. The summed E-state index contributed by atoms with van der Waals surface area (Å²) in [6.07, 6.45) is 1.50. The first-order chi connectivity index (χ1) is 6.27. The van der Waals surface area contributed by atoms with Gasteiger partial charge in [-0.3, -0.25) is 10.2 Å². The molecular weight excluding hydrogens is 170 g/mol. The predicted octanol–water partition coefficient (Wildman–Crippen LogP) is 0.0838. The highest BCUT2D eigenvalue weighted by Gasteiger charge is 2.04. The smallest absolute Gasteiger partial charge is 0.265 e. The maximum absolute atomic E-state index is 11.1. The molecule has 3 N–H and O–H groups in total. The van der Waals surface area contributed by atoms with E-state index in [1.807, 2.05) is 12.3 Å². The van der Waals surface area contributed by atoms with Crippen LogP contribution in [0.15, 0.2) is 18.3 Å². The largest absolute Gasteiger partial charge is 0.478 e. The highest BCUT2D eigenvalue weighted by atomic mass is 16.5. The number of hydrogen-bond acceptors (Lipinski definition) is 4. The van der Waals surface area contributed by atoms with Crippen LogP contribution in [0.4, 0.5) is 0 Å². The summed E-state index contributed by atoms with van der Waals surface area (Å²) in [7, 11) is 0. The molecule has 1 amide bonds. The van der Waals surface area contributed by atoms with Crippen molar-refractivity contribution in [3.63, 3.8) is 0 Å². The summed E-state index contributed by atoms with van der Waals surface area (Å²) in [5.74, 6) is 5.03. The molecule has 5 heteroatoms. The van der Waals surface area contributed by atoms with E-state index in [1.165, 1.54) is 12.3 Å². The van der Waals surface area contributed by atoms with Crippen LogP contribution in [0.25, 0.3) is 0 Å². The maximum atomic E-state index is 11.1. The molecule has 5 nitrogen and oxygen atoms in total. The molecule has 0 aliphatic rings. The van der Waals surface area contributed by atoms with Crippen molar-refractivity contribution < 1.29 is 9.53 Å². The van der Waals surface area contributed by atoms with E-state index in [-0.39, 0.29) is 5.91 Å². The van der Waals surface area contributed by atoms with Gasteiger partial charge in [-0.1, -0.05) is 0 Å². The molecule has 0 saturated heterocycles. The number of nitrogens with one attached hydrogen (secondary N) is 1. The molecule has 1 aromatic heterocycles. The highest BCUT2D eigenvalue weighted by Crippen LogP contribution is 2.08. The van der Waals surface area contributed by atoms with Crippen LogP contribution in [0.5, 0.6) is 5.88 Å². The first kappa shape index (κ1) is 9.47. The molecule has 0 spiro atoms. The van der Waals surface area contributed by atoms with Crippen LogP contribution in [0, 0.1) is 0 Å². The lowest BCUT2D eigenvalue weighted by Gasteiger charge is -2.03. The molecular formula is C8H11N3O2. The number of nitrogen functional groups attached to an aromatic ring is 1. The van der Waals surface area contributed by atoms with E-state index >= 15 is 0 Å². The van der Waals surface area contributed by atoms with Crippen LogP contribution in [-0.2, 0) is 0 Å². The Balaban J connectivity index is 2.85. The zero-order valence-corrected chi connectivity index (χ0v) is 7.28. The number of hydrogen-bond donors (Lipinski definition) is 2. The van der Waals surface area contributed by atoms with Crippen molar-refractivity contribution in [2.45, 2.75) is 6.92 Å². The summed E-state index contributed by atoms with van der Waals surface area (Å²) in [5, 5.41) is 0. The minimum atomic E-state index is -0.358. The number of ether oxygens (including phenoxy) is 1. The second-order valence-electron chi connectivity index (χ2n) is 2.29. The van der Waals surface area contributed by atoms with Crippen molar-refractivity contribution in [1.29, 1.82) is 0 Å².